The van der Waals surface area contributed by atoms with E-state index in [1.165, 1.54) is 22.9 Å². The molecule has 0 radical (unpaired) electrons. The number of ether oxygens (including phenoxy) is 1. The van der Waals surface area contributed by atoms with Crippen molar-refractivity contribution >= 4 is 29.5 Å². The molecule has 12 nitrogen and oxygen atoms in total. The highest BCUT2D eigenvalue weighted by Crippen LogP contribution is 2.28. The van der Waals surface area contributed by atoms with Gasteiger partial charge in [-0.1, -0.05) is 60.3 Å². The van der Waals surface area contributed by atoms with Crippen molar-refractivity contribution < 1.29 is 38.2 Å². The van der Waals surface area contributed by atoms with Gasteiger partial charge in [0.15, 0.2) is 6.61 Å². The third-order valence-corrected chi connectivity index (χ3v) is 8.70. The second kappa shape index (κ2) is 17.6. The maximum Gasteiger partial charge on any atom is 0.257 e. The highest BCUT2D eigenvalue weighted by atomic mass is 19.1. The van der Waals surface area contributed by atoms with E-state index in [-0.39, 0.29) is 42.5 Å². The first-order chi connectivity index (χ1) is 22.6. The fourth-order valence-corrected chi connectivity index (χ4v) is 6.34. The number of carbonyl (C=O) groups excluding carboxylic acids is 5. The van der Waals surface area contributed by atoms with Gasteiger partial charge in [0.2, 0.25) is 17.7 Å². The Morgan fingerprint density at radius 2 is 1.58 bits per heavy atom. The van der Waals surface area contributed by atoms with E-state index >= 15 is 0 Å². The summed E-state index contributed by atoms with van der Waals surface area (Å²) in [5.74, 6) is -3.52. The molecule has 2 heterocycles. The summed E-state index contributed by atoms with van der Waals surface area (Å²) in [5.41, 5.74) is -0.522. The third-order valence-electron chi connectivity index (χ3n) is 8.70. The summed E-state index contributed by atoms with van der Waals surface area (Å²) >= 11 is 0. The van der Waals surface area contributed by atoms with E-state index < -0.39 is 65.7 Å². The molecule has 0 aromatic heterocycles. The maximum atomic E-state index is 14.3. The number of amides is 5. The van der Waals surface area contributed by atoms with Crippen LogP contribution in [0.4, 0.5) is 4.39 Å². The third kappa shape index (κ3) is 11.2. The van der Waals surface area contributed by atoms with Gasteiger partial charge in [-0.15, -0.1) is 0 Å². The van der Waals surface area contributed by atoms with Crippen molar-refractivity contribution in [3.05, 3.63) is 29.6 Å². The second-order valence-corrected chi connectivity index (χ2v) is 14.5. The van der Waals surface area contributed by atoms with Gasteiger partial charge in [0.05, 0.1) is 11.7 Å². The van der Waals surface area contributed by atoms with Crippen LogP contribution in [0.3, 0.4) is 0 Å². The number of aliphatic hydroxyl groups excluding tert-OH is 1. The number of likely N-dealkylation sites (N-methyl/N-ethyl adjacent to an activating group) is 1. The summed E-state index contributed by atoms with van der Waals surface area (Å²) in [6.45, 7) is 9.74. The molecule has 0 unspecified atom stereocenters. The molecule has 1 saturated heterocycles. The van der Waals surface area contributed by atoms with Gasteiger partial charge >= 0.3 is 0 Å². The number of fused-ring (bicyclic) bond motifs is 2. The molecule has 0 aliphatic carbocycles. The van der Waals surface area contributed by atoms with Crippen LogP contribution in [0.25, 0.3) is 0 Å². The molecular formula is C35H54FN5O7. The Morgan fingerprint density at radius 3 is 2.21 bits per heavy atom. The summed E-state index contributed by atoms with van der Waals surface area (Å²) < 4.78 is 19.8. The van der Waals surface area contributed by atoms with E-state index in [1.54, 1.807) is 0 Å². The van der Waals surface area contributed by atoms with E-state index in [0.29, 0.717) is 13.1 Å². The molecule has 3 rings (SSSR count). The first kappa shape index (κ1) is 38.7. The molecule has 48 heavy (non-hydrogen) atoms. The van der Waals surface area contributed by atoms with Crippen LogP contribution in [-0.2, 0) is 19.2 Å². The first-order valence-electron chi connectivity index (χ1n) is 17.1. The molecule has 0 spiro atoms. The lowest BCUT2D eigenvalue weighted by molar-refractivity contribution is -0.148. The highest BCUT2D eigenvalue weighted by Gasteiger charge is 2.45. The van der Waals surface area contributed by atoms with Gasteiger partial charge in [-0.05, 0) is 42.7 Å². The van der Waals surface area contributed by atoms with E-state index in [0.717, 1.165) is 50.7 Å². The predicted molar refractivity (Wildman–Crippen MR) is 178 cm³/mol. The van der Waals surface area contributed by atoms with Crippen LogP contribution in [0.2, 0.25) is 0 Å². The molecular weight excluding hydrogens is 621 g/mol. The number of carbonyl (C=O) groups is 5. The first-order valence-corrected chi connectivity index (χ1v) is 17.1. The maximum absolute atomic E-state index is 14.3. The van der Waals surface area contributed by atoms with Crippen molar-refractivity contribution in [2.24, 2.45) is 11.3 Å². The van der Waals surface area contributed by atoms with Crippen molar-refractivity contribution in [1.29, 1.82) is 0 Å². The summed E-state index contributed by atoms with van der Waals surface area (Å²) in [6.07, 6.45) is 4.48. The predicted octanol–water partition coefficient (Wildman–Crippen LogP) is 2.77. The van der Waals surface area contributed by atoms with Crippen LogP contribution in [-0.4, -0.2) is 102 Å². The Kier molecular flexibility index (Phi) is 14.2. The zero-order valence-electron chi connectivity index (χ0n) is 29.3. The van der Waals surface area contributed by atoms with Gasteiger partial charge in [0.25, 0.3) is 11.8 Å². The van der Waals surface area contributed by atoms with Crippen LogP contribution in [0.15, 0.2) is 18.2 Å². The number of nitrogens with zero attached hydrogens (tertiary/aromatic N) is 2. The van der Waals surface area contributed by atoms with Gasteiger partial charge in [-0.25, -0.2) is 4.39 Å². The number of aliphatic hydroxyl groups is 1. The summed E-state index contributed by atoms with van der Waals surface area (Å²) in [6, 6.07) is 0.354. The second-order valence-electron chi connectivity index (χ2n) is 14.5. The number of rotatable bonds is 2. The standard InChI is InChI=1S/C35H54FN5O7/c1-22(2)30-32(45)38-16-12-10-8-7-9-11-15-37-29(43)21-48-28-17-23(36)13-14-25(28)31(44)39-26(19-35(3,4)5)33(46)41-20-24(42)18-27(41)34(47)40(30)6/h13-14,17,22,24,26-27,30,42H,7-12,15-16,18-21H2,1-6H3,(H,37,43)(H,38,45)(H,39,44)/t24-,26+,27+,30-/m0/s1. The van der Waals surface area contributed by atoms with Crippen molar-refractivity contribution in [1.82, 2.24) is 25.8 Å². The number of benzene rings is 1. The number of hydrogen-bond acceptors (Lipinski definition) is 7. The molecule has 0 saturated carbocycles. The topological polar surface area (TPSA) is 157 Å². The summed E-state index contributed by atoms with van der Waals surface area (Å²) in [5, 5.41) is 19.1. The fraction of sp³-hybridized carbons (Fsp3) is 0.686. The van der Waals surface area contributed by atoms with E-state index in [9.17, 15) is 33.5 Å². The van der Waals surface area contributed by atoms with Gasteiger partial charge in [-0.2, -0.15) is 0 Å². The molecule has 4 atom stereocenters. The van der Waals surface area contributed by atoms with E-state index in [4.69, 9.17) is 4.74 Å². The molecule has 0 bridgehead atoms. The molecule has 2 aliphatic rings. The van der Waals surface area contributed by atoms with Gasteiger partial charge < -0.3 is 35.6 Å². The number of hydrogen-bond donors (Lipinski definition) is 4. The molecule has 1 aromatic carbocycles. The van der Waals surface area contributed by atoms with Crippen LogP contribution in [0.5, 0.6) is 5.75 Å². The van der Waals surface area contributed by atoms with Crippen molar-refractivity contribution in [2.75, 3.05) is 33.3 Å². The van der Waals surface area contributed by atoms with Crippen LogP contribution in [0, 0.1) is 17.2 Å². The SMILES string of the molecule is CC(C)[C@H]1C(=O)NCCCCCCCCNC(=O)COc2cc(F)ccc2C(=O)N[C@H](CC(C)(C)C)C(=O)N2C[C@@H](O)C[C@@H]2C(=O)N1C. The molecule has 2 aliphatic heterocycles. The Bertz CT molecular complexity index is 1300. The van der Waals surface area contributed by atoms with Gasteiger partial charge in [0, 0.05) is 39.2 Å². The molecule has 268 valence electrons. The summed E-state index contributed by atoms with van der Waals surface area (Å²) in [7, 11) is 1.54. The number of halogens is 1. The largest absolute Gasteiger partial charge is 0.483 e. The molecule has 1 fully saturated rings. The zero-order valence-corrected chi connectivity index (χ0v) is 29.3. The van der Waals surface area contributed by atoms with Gasteiger partial charge in [0.1, 0.15) is 29.7 Å². The normalized spacial score (nSPS) is 25.2. The minimum absolute atomic E-state index is 0.0183. The van der Waals surface area contributed by atoms with E-state index in [2.05, 4.69) is 16.0 Å². The van der Waals surface area contributed by atoms with Crippen molar-refractivity contribution in [3.8, 4) is 5.75 Å². The van der Waals surface area contributed by atoms with Crippen molar-refractivity contribution in [2.45, 2.75) is 110 Å². The summed E-state index contributed by atoms with van der Waals surface area (Å²) in [4.78, 5) is 70.2. The minimum Gasteiger partial charge on any atom is -0.483 e. The lowest BCUT2D eigenvalue weighted by Gasteiger charge is -2.36. The average Bonchev–Trinajstić information content (AvgIpc) is 3.39. The van der Waals surface area contributed by atoms with Crippen LogP contribution < -0.4 is 20.7 Å². The Morgan fingerprint density at radius 1 is 0.958 bits per heavy atom. The monoisotopic (exact) mass is 675 g/mol. The molecule has 13 heteroatoms. The molecule has 4 N–H and O–H groups in total. The average molecular weight is 676 g/mol. The smallest absolute Gasteiger partial charge is 0.257 e. The van der Waals surface area contributed by atoms with Crippen molar-refractivity contribution in [3.63, 3.8) is 0 Å². The van der Waals surface area contributed by atoms with Gasteiger partial charge in [-0.3, -0.25) is 24.0 Å². The Hall–Kier alpha value is -3.74. The van der Waals surface area contributed by atoms with Crippen LogP contribution in [0.1, 0.15) is 96.3 Å². The lowest BCUT2D eigenvalue weighted by atomic mass is 9.87. The fourth-order valence-electron chi connectivity index (χ4n) is 6.34. The number of nitrogens with one attached hydrogen (secondary N) is 3. The molecule has 5 amide bonds. The van der Waals surface area contributed by atoms with Crippen LogP contribution >= 0.6 is 0 Å². The Balaban J connectivity index is 1.95. The lowest BCUT2D eigenvalue weighted by Crippen LogP contribution is -2.58. The zero-order chi connectivity index (χ0) is 35.6. The quantitative estimate of drug-likeness (QED) is 0.376. The molecule has 1 aromatic rings. The van der Waals surface area contributed by atoms with E-state index in [1.807, 2.05) is 34.6 Å². The highest BCUT2D eigenvalue weighted by molar-refractivity contribution is 6.00. The minimum atomic E-state index is -1.12. The Labute approximate surface area is 283 Å².